The maximum atomic E-state index is 12.8. The summed E-state index contributed by atoms with van der Waals surface area (Å²) in [4.78, 5) is 13.8. The van der Waals surface area contributed by atoms with Gasteiger partial charge in [-0.1, -0.05) is 19.1 Å². The van der Waals surface area contributed by atoms with E-state index in [0.29, 0.717) is 41.6 Å². The van der Waals surface area contributed by atoms with Gasteiger partial charge in [0.1, 0.15) is 11.5 Å². The summed E-state index contributed by atoms with van der Waals surface area (Å²) in [6.45, 7) is 3.19. The van der Waals surface area contributed by atoms with E-state index in [-0.39, 0.29) is 11.5 Å². The van der Waals surface area contributed by atoms with Gasteiger partial charge >= 0.3 is 0 Å². The molecule has 1 heterocycles. The average molecular weight is 386 g/mol. The van der Waals surface area contributed by atoms with E-state index in [2.05, 4.69) is 0 Å². The van der Waals surface area contributed by atoms with Gasteiger partial charge in [-0.2, -0.15) is 0 Å². The number of aromatic hydroxyl groups is 1. The summed E-state index contributed by atoms with van der Waals surface area (Å²) in [5, 5.41) is 9.86. The minimum absolute atomic E-state index is 0.0262. The molecule has 1 N–H and O–H groups in total. The van der Waals surface area contributed by atoms with Crippen molar-refractivity contribution in [2.24, 2.45) is 0 Å². The molecular weight excluding hydrogens is 364 g/mol. The standard InChI is InChI=1S/C21H22O5S/c1-3-8-25-19-13-21-20(26-9-10-27-21)12-15(19)16(22)6-4-14-5-7-18(24-2)17(23)11-14/h4-7,11-13,23H,3,8-10H2,1-2H3/b6-4+. The quantitative estimate of drug-likeness (QED) is 0.555. The maximum Gasteiger partial charge on any atom is 0.189 e. The van der Waals surface area contributed by atoms with E-state index in [1.54, 1.807) is 42.1 Å². The zero-order valence-electron chi connectivity index (χ0n) is 15.4. The molecule has 0 aromatic heterocycles. The van der Waals surface area contributed by atoms with Crippen molar-refractivity contribution in [3.05, 3.63) is 47.5 Å². The molecule has 5 nitrogen and oxygen atoms in total. The van der Waals surface area contributed by atoms with Crippen LogP contribution in [0.25, 0.3) is 6.08 Å². The Morgan fingerprint density at radius 2 is 2.15 bits per heavy atom. The lowest BCUT2D eigenvalue weighted by Gasteiger charge is -2.19. The maximum absolute atomic E-state index is 12.8. The monoisotopic (exact) mass is 386 g/mol. The second kappa shape index (κ2) is 8.86. The van der Waals surface area contributed by atoms with E-state index >= 15 is 0 Å². The number of benzene rings is 2. The van der Waals surface area contributed by atoms with Crippen LogP contribution in [0.15, 0.2) is 41.3 Å². The van der Waals surface area contributed by atoms with Crippen LogP contribution in [0.1, 0.15) is 29.3 Å². The van der Waals surface area contributed by atoms with Crippen LogP contribution in [-0.2, 0) is 0 Å². The van der Waals surface area contributed by atoms with Crippen LogP contribution < -0.4 is 14.2 Å². The van der Waals surface area contributed by atoms with Crippen LogP contribution in [0.5, 0.6) is 23.0 Å². The van der Waals surface area contributed by atoms with Gasteiger partial charge in [-0.25, -0.2) is 0 Å². The number of phenols is 1. The number of fused-ring (bicyclic) bond motifs is 1. The van der Waals surface area contributed by atoms with Crippen LogP contribution in [0.2, 0.25) is 0 Å². The van der Waals surface area contributed by atoms with Crippen LogP contribution in [0, 0.1) is 0 Å². The van der Waals surface area contributed by atoms with Gasteiger partial charge in [0, 0.05) is 5.75 Å². The zero-order valence-corrected chi connectivity index (χ0v) is 16.2. The molecule has 2 aromatic rings. The molecule has 27 heavy (non-hydrogen) atoms. The highest BCUT2D eigenvalue weighted by Gasteiger charge is 2.19. The number of allylic oxidation sites excluding steroid dienone is 1. The Kier molecular flexibility index (Phi) is 6.29. The van der Waals surface area contributed by atoms with Crippen LogP contribution in [0.4, 0.5) is 0 Å². The van der Waals surface area contributed by atoms with Gasteiger partial charge in [-0.05, 0) is 42.3 Å². The Hall–Kier alpha value is -2.60. The van der Waals surface area contributed by atoms with E-state index in [1.807, 2.05) is 13.0 Å². The minimum Gasteiger partial charge on any atom is -0.504 e. The highest BCUT2D eigenvalue weighted by molar-refractivity contribution is 7.99. The molecule has 1 aliphatic heterocycles. The molecule has 0 radical (unpaired) electrons. The SMILES string of the molecule is CCCOc1cc2c(cc1C(=O)/C=C/c1ccc(OC)c(O)c1)OCCS2. The van der Waals surface area contributed by atoms with Crippen LogP contribution >= 0.6 is 11.8 Å². The van der Waals surface area contributed by atoms with Gasteiger partial charge in [-0.15, -0.1) is 11.8 Å². The summed E-state index contributed by atoms with van der Waals surface area (Å²) in [5.41, 5.74) is 1.17. The molecule has 0 amide bonds. The van der Waals surface area contributed by atoms with Gasteiger partial charge in [0.05, 0.1) is 30.8 Å². The molecule has 1 aliphatic rings. The third-order valence-electron chi connectivity index (χ3n) is 4.00. The first-order chi connectivity index (χ1) is 13.1. The Bertz CT molecular complexity index is 860. The van der Waals surface area contributed by atoms with Crippen molar-refractivity contribution in [1.29, 1.82) is 0 Å². The predicted octanol–water partition coefficient (Wildman–Crippen LogP) is 4.57. The van der Waals surface area contributed by atoms with Gasteiger partial charge in [0.15, 0.2) is 17.3 Å². The number of phenolic OH excluding ortho intramolecular Hbond substituents is 1. The summed E-state index contributed by atoms with van der Waals surface area (Å²) in [5.74, 6) is 2.40. The fourth-order valence-electron chi connectivity index (χ4n) is 2.67. The molecule has 0 saturated heterocycles. The largest absolute Gasteiger partial charge is 0.504 e. The number of hydrogen-bond acceptors (Lipinski definition) is 6. The number of carbonyl (C=O) groups excluding carboxylic acids is 1. The van der Waals surface area contributed by atoms with E-state index in [4.69, 9.17) is 14.2 Å². The van der Waals surface area contributed by atoms with Crippen molar-refractivity contribution in [3.8, 4) is 23.0 Å². The molecule has 0 aliphatic carbocycles. The van der Waals surface area contributed by atoms with Gasteiger partial charge < -0.3 is 19.3 Å². The van der Waals surface area contributed by atoms with Gasteiger partial charge in [-0.3, -0.25) is 4.79 Å². The second-order valence-electron chi connectivity index (χ2n) is 5.97. The second-order valence-corrected chi connectivity index (χ2v) is 7.11. The summed E-state index contributed by atoms with van der Waals surface area (Å²) in [6, 6.07) is 8.60. The number of rotatable bonds is 7. The average Bonchev–Trinajstić information content (AvgIpc) is 2.69. The van der Waals surface area contributed by atoms with Crippen LogP contribution in [0.3, 0.4) is 0 Å². The van der Waals surface area contributed by atoms with Crippen molar-refractivity contribution in [2.45, 2.75) is 18.2 Å². The topological polar surface area (TPSA) is 65.0 Å². The van der Waals surface area contributed by atoms with Crippen molar-refractivity contribution < 1.29 is 24.1 Å². The fraction of sp³-hybridized carbons (Fsp3) is 0.286. The van der Waals surface area contributed by atoms with E-state index in [1.165, 1.54) is 13.2 Å². The summed E-state index contributed by atoms with van der Waals surface area (Å²) in [7, 11) is 1.49. The predicted molar refractivity (Wildman–Crippen MR) is 106 cm³/mol. The van der Waals surface area contributed by atoms with Gasteiger partial charge in [0.2, 0.25) is 0 Å². The molecular formula is C21H22O5S. The minimum atomic E-state index is -0.182. The van der Waals surface area contributed by atoms with E-state index in [0.717, 1.165) is 17.1 Å². The third-order valence-corrected chi connectivity index (χ3v) is 5.00. The number of methoxy groups -OCH3 is 1. The summed E-state index contributed by atoms with van der Waals surface area (Å²) >= 11 is 1.70. The van der Waals surface area contributed by atoms with E-state index < -0.39 is 0 Å². The first kappa shape index (κ1) is 19.2. The van der Waals surface area contributed by atoms with Gasteiger partial charge in [0.25, 0.3) is 0 Å². The van der Waals surface area contributed by atoms with E-state index in [9.17, 15) is 9.90 Å². The van der Waals surface area contributed by atoms with Crippen molar-refractivity contribution >= 4 is 23.6 Å². The smallest absolute Gasteiger partial charge is 0.189 e. The molecule has 0 fully saturated rings. The van der Waals surface area contributed by atoms with Crippen molar-refractivity contribution in [3.63, 3.8) is 0 Å². The highest BCUT2D eigenvalue weighted by atomic mass is 32.2. The third kappa shape index (κ3) is 4.57. The van der Waals surface area contributed by atoms with Crippen LogP contribution in [-0.4, -0.2) is 37.0 Å². The Morgan fingerprint density at radius 3 is 2.89 bits per heavy atom. The summed E-state index contributed by atoms with van der Waals surface area (Å²) in [6.07, 6.45) is 3.98. The molecule has 0 saturated carbocycles. The number of carbonyl (C=O) groups is 1. The Balaban J connectivity index is 1.87. The molecule has 0 unspecified atom stereocenters. The molecule has 3 rings (SSSR count). The number of thioether (sulfide) groups is 1. The first-order valence-electron chi connectivity index (χ1n) is 8.78. The summed E-state index contributed by atoms with van der Waals surface area (Å²) < 4.78 is 16.5. The fourth-order valence-corrected chi connectivity index (χ4v) is 3.50. The molecule has 0 atom stereocenters. The molecule has 142 valence electrons. The van der Waals surface area contributed by atoms with Crippen molar-refractivity contribution in [2.75, 3.05) is 26.1 Å². The number of hydrogen-bond donors (Lipinski definition) is 1. The Morgan fingerprint density at radius 1 is 1.30 bits per heavy atom. The number of ketones is 1. The lowest BCUT2D eigenvalue weighted by atomic mass is 10.1. The highest BCUT2D eigenvalue weighted by Crippen LogP contribution is 2.38. The first-order valence-corrected chi connectivity index (χ1v) is 9.76. The zero-order chi connectivity index (χ0) is 19.2. The number of ether oxygens (including phenoxy) is 3. The molecule has 6 heteroatoms. The van der Waals surface area contributed by atoms with Crippen molar-refractivity contribution in [1.82, 2.24) is 0 Å². The normalized spacial score (nSPS) is 13.1. The lowest BCUT2D eigenvalue weighted by Crippen LogP contribution is -2.10. The lowest BCUT2D eigenvalue weighted by molar-refractivity contribution is 0.104. The molecule has 0 bridgehead atoms. The Labute approximate surface area is 162 Å². The molecule has 2 aromatic carbocycles. The molecule has 0 spiro atoms.